The number of aryl methyl sites for hydroxylation is 3. The Morgan fingerprint density at radius 2 is 1.10 bits per heavy atom. The molecule has 0 aromatic heterocycles. The van der Waals surface area contributed by atoms with Crippen molar-refractivity contribution >= 4 is 39.1 Å². The van der Waals surface area contributed by atoms with Gasteiger partial charge in [-0.1, -0.05) is 0 Å². The van der Waals surface area contributed by atoms with E-state index in [1.807, 2.05) is 0 Å². The van der Waals surface area contributed by atoms with E-state index in [4.69, 9.17) is 16.0 Å². The maximum atomic E-state index is 12.1. The molecular formula is C27H30ClO2P. The predicted octanol–water partition coefficient (Wildman–Crippen LogP) is 5.71. The van der Waals surface area contributed by atoms with Crippen LogP contribution in [-0.4, -0.2) is 18.7 Å². The molecule has 31 heavy (non-hydrogen) atoms. The van der Waals surface area contributed by atoms with E-state index in [-0.39, 0.29) is 6.61 Å². The van der Waals surface area contributed by atoms with Crippen LogP contribution in [0, 0.1) is 20.8 Å². The Morgan fingerprint density at radius 1 is 0.774 bits per heavy atom. The molecule has 3 rings (SSSR count). The molecule has 0 N–H and O–H groups in total. The van der Waals surface area contributed by atoms with Crippen LogP contribution in [0.5, 0.6) is 0 Å². The van der Waals surface area contributed by atoms with Crippen LogP contribution >= 0.6 is 17.2 Å². The summed E-state index contributed by atoms with van der Waals surface area (Å²) in [6.07, 6.45) is 0.501. The molecule has 162 valence electrons. The van der Waals surface area contributed by atoms with E-state index in [0.717, 1.165) is 15.9 Å². The molecule has 2 nitrogen and oxygen atoms in total. The minimum atomic E-state index is -3.45. The molecule has 3 aromatic carbocycles. The van der Waals surface area contributed by atoms with Gasteiger partial charge >= 0.3 is 191 Å². The van der Waals surface area contributed by atoms with Gasteiger partial charge in [-0.05, 0) is 0 Å². The number of rotatable bonds is 7. The van der Waals surface area contributed by atoms with Crippen molar-refractivity contribution in [3.8, 4) is 0 Å². The van der Waals surface area contributed by atoms with Crippen LogP contribution in [0.4, 0.5) is 0 Å². The van der Waals surface area contributed by atoms with Gasteiger partial charge in [-0.2, -0.15) is 0 Å². The first kappa shape index (κ1) is 23.3. The summed E-state index contributed by atoms with van der Waals surface area (Å²) in [5, 5.41) is 3.20. The third kappa shape index (κ3) is 4.47. The fourth-order valence-electron chi connectivity index (χ4n) is 3.83. The van der Waals surface area contributed by atoms with Crippen molar-refractivity contribution in [1.29, 1.82) is 0 Å². The number of carbonyl (C=O) groups is 1. The zero-order valence-electron chi connectivity index (χ0n) is 18.7. The topological polar surface area (TPSA) is 26.3 Å². The summed E-state index contributed by atoms with van der Waals surface area (Å²) in [4.78, 5) is 12.1. The molecule has 0 spiro atoms. The number of benzene rings is 3. The molecule has 0 unspecified atom stereocenters. The number of hydrogen-bond acceptors (Lipinski definition) is 2. The number of esters is 1. The molecule has 3 aromatic rings. The van der Waals surface area contributed by atoms with Gasteiger partial charge in [0.2, 0.25) is 0 Å². The standard InChI is InChI=1S/C27H30ClO2P/c1-20(2)27(29)30-18-19-31(28,24-12-6-21(3)7-13-24,25-14-8-22(4)9-15-25)26-16-10-23(5)11-17-26/h6-17H,1,18-19H2,2-5H3. The van der Waals surface area contributed by atoms with Crippen LogP contribution in [0.25, 0.3) is 0 Å². The van der Waals surface area contributed by atoms with Gasteiger partial charge in [-0.25, -0.2) is 0 Å². The number of halogens is 1. The Kier molecular flexibility index (Phi) is 6.74. The number of ether oxygens (including phenoxy) is 1. The summed E-state index contributed by atoms with van der Waals surface area (Å²) >= 11 is 8.01. The van der Waals surface area contributed by atoms with Gasteiger partial charge in [0.15, 0.2) is 0 Å². The van der Waals surface area contributed by atoms with E-state index in [1.54, 1.807) is 6.92 Å². The number of carbonyl (C=O) groups excluding carboxylic acids is 1. The van der Waals surface area contributed by atoms with Crippen LogP contribution in [0.1, 0.15) is 23.6 Å². The van der Waals surface area contributed by atoms with Crippen molar-refractivity contribution in [2.24, 2.45) is 0 Å². The van der Waals surface area contributed by atoms with E-state index < -0.39 is 11.9 Å². The summed E-state index contributed by atoms with van der Waals surface area (Å²) in [7, 11) is 0. The van der Waals surface area contributed by atoms with Crippen LogP contribution in [-0.2, 0) is 9.53 Å². The van der Waals surface area contributed by atoms with E-state index in [0.29, 0.717) is 11.7 Å². The molecule has 0 atom stereocenters. The second-order valence-corrected chi connectivity index (χ2v) is 14.9. The summed E-state index contributed by atoms with van der Waals surface area (Å²) < 4.78 is 5.57. The van der Waals surface area contributed by atoms with Crippen molar-refractivity contribution in [1.82, 2.24) is 0 Å². The molecule has 4 heteroatoms. The first-order valence-electron chi connectivity index (χ1n) is 10.4. The van der Waals surface area contributed by atoms with Crippen LogP contribution < -0.4 is 15.9 Å². The van der Waals surface area contributed by atoms with Gasteiger partial charge in [-0.3, -0.25) is 0 Å². The fraction of sp³-hybridized carbons (Fsp3) is 0.222. The third-order valence-electron chi connectivity index (χ3n) is 5.81. The normalized spacial score (nSPS) is 12.6. The van der Waals surface area contributed by atoms with Crippen LogP contribution in [0.2, 0.25) is 0 Å². The van der Waals surface area contributed by atoms with Crippen molar-refractivity contribution in [2.45, 2.75) is 27.7 Å². The average molecular weight is 453 g/mol. The molecule has 0 bridgehead atoms. The molecule has 0 amide bonds. The molecule has 0 fully saturated rings. The fourth-order valence-corrected chi connectivity index (χ4v) is 9.47. The Labute approximate surface area is 190 Å². The van der Waals surface area contributed by atoms with E-state index >= 15 is 0 Å². The molecule has 0 aliphatic rings. The van der Waals surface area contributed by atoms with Crippen LogP contribution in [0.3, 0.4) is 0 Å². The number of hydrogen-bond donors (Lipinski definition) is 0. The summed E-state index contributed by atoms with van der Waals surface area (Å²) in [6.45, 7) is 11.8. The molecule has 0 aliphatic heterocycles. The minimum absolute atomic E-state index is 0.211. The molecular weight excluding hydrogens is 423 g/mol. The zero-order valence-corrected chi connectivity index (χ0v) is 20.3. The average Bonchev–Trinajstić information content (AvgIpc) is 2.75. The summed E-state index contributed by atoms with van der Waals surface area (Å²) in [5.74, 6) is -3.84. The van der Waals surface area contributed by atoms with Crippen molar-refractivity contribution < 1.29 is 9.53 Å². The molecule has 0 saturated carbocycles. The van der Waals surface area contributed by atoms with Gasteiger partial charge in [0.1, 0.15) is 0 Å². The zero-order chi connectivity index (χ0) is 22.7. The predicted molar refractivity (Wildman–Crippen MR) is 136 cm³/mol. The van der Waals surface area contributed by atoms with Gasteiger partial charge in [0.05, 0.1) is 0 Å². The Balaban J connectivity index is 2.27. The maximum absolute atomic E-state index is 12.1. The second kappa shape index (κ2) is 8.99. The molecule has 0 saturated heterocycles. The first-order chi connectivity index (χ1) is 14.6. The summed E-state index contributed by atoms with van der Waals surface area (Å²) in [6, 6.07) is 25.3. The van der Waals surface area contributed by atoms with Gasteiger partial charge in [0.25, 0.3) is 0 Å². The second-order valence-electron chi connectivity index (χ2n) is 8.33. The molecule has 0 aliphatic carbocycles. The Morgan fingerprint density at radius 3 is 1.39 bits per heavy atom. The van der Waals surface area contributed by atoms with Gasteiger partial charge in [-0.15, -0.1) is 0 Å². The third-order valence-corrected chi connectivity index (χ3v) is 13.2. The quantitative estimate of drug-likeness (QED) is 0.260. The first-order valence-corrected chi connectivity index (χ1v) is 13.7. The van der Waals surface area contributed by atoms with Crippen molar-refractivity contribution in [3.63, 3.8) is 0 Å². The van der Waals surface area contributed by atoms with Gasteiger partial charge < -0.3 is 0 Å². The van der Waals surface area contributed by atoms with E-state index in [9.17, 15) is 4.79 Å². The Bertz CT molecular complexity index is 970. The summed E-state index contributed by atoms with van der Waals surface area (Å²) in [5.41, 5.74) is 3.90. The van der Waals surface area contributed by atoms with Crippen molar-refractivity contribution in [2.75, 3.05) is 12.8 Å². The monoisotopic (exact) mass is 452 g/mol. The Hall–Kier alpha value is -2.41. The van der Waals surface area contributed by atoms with Crippen molar-refractivity contribution in [3.05, 3.63) is 102 Å². The van der Waals surface area contributed by atoms with E-state index in [2.05, 4.69) is 100 Å². The van der Waals surface area contributed by atoms with Gasteiger partial charge in [0, 0.05) is 0 Å². The SMILES string of the molecule is C=C(C)C(=O)OCCP(Cl)(c1ccc(C)cc1)(c1ccc(C)cc1)c1ccc(C)cc1. The van der Waals surface area contributed by atoms with Crippen LogP contribution in [0.15, 0.2) is 84.9 Å². The van der Waals surface area contributed by atoms with E-state index in [1.165, 1.54) is 16.7 Å². The molecule has 0 heterocycles. The molecule has 0 radical (unpaired) electrons.